The van der Waals surface area contributed by atoms with Gasteiger partial charge in [0, 0.05) is 18.0 Å². The van der Waals surface area contributed by atoms with E-state index < -0.39 is 0 Å². The molecular formula is C19H19N3O2. The molecule has 2 aromatic heterocycles. The zero-order chi connectivity index (χ0) is 16.6. The second kappa shape index (κ2) is 5.67. The van der Waals surface area contributed by atoms with Crippen LogP contribution in [0.2, 0.25) is 0 Å². The van der Waals surface area contributed by atoms with E-state index in [9.17, 15) is 4.79 Å². The molecule has 3 aromatic rings. The van der Waals surface area contributed by atoms with Crippen LogP contribution in [-0.2, 0) is 5.41 Å². The van der Waals surface area contributed by atoms with E-state index >= 15 is 0 Å². The van der Waals surface area contributed by atoms with Crippen molar-refractivity contribution in [3.05, 3.63) is 65.5 Å². The van der Waals surface area contributed by atoms with Crippen LogP contribution < -0.4 is 5.32 Å². The van der Waals surface area contributed by atoms with Crippen molar-refractivity contribution in [1.29, 1.82) is 0 Å². The Morgan fingerprint density at radius 2 is 2.04 bits per heavy atom. The van der Waals surface area contributed by atoms with E-state index in [1.54, 1.807) is 6.07 Å². The Morgan fingerprint density at radius 1 is 1.25 bits per heavy atom. The summed E-state index contributed by atoms with van der Waals surface area (Å²) in [5, 5.41) is 9.97. The number of rotatable bonds is 5. The van der Waals surface area contributed by atoms with Gasteiger partial charge in [0.2, 0.25) is 0 Å². The van der Waals surface area contributed by atoms with E-state index in [0.717, 1.165) is 18.6 Å². The molecular weight excluding hydrogens is 302 g/mol. The third kappa shape index (κ3) is 2.73. The summed E-state index contributed by atoms with van der Waals surface area (Å²) in [6.07, 6.45) is 2.21. The second-order valence-electron chi connectivity index (χ2n) is 6.41. The van der Waals surface area contributed by atoms with Crippen molar-refractivity contribution < 1.29 is 9.21 Å². The van der Waals surface area contributed by atoms with Crippen molar-refractivity contribution in [2.45, 2.75) is 25.2 Å². The van der Waals surface area contributed by atoms with Crippen LogP contribution in [0, 0.1) is 6.92 Å². The summed E-state index contributed by atoms with van der Waals surface area (Å²) in [6.45, 7) is 2.52. The quantitative estimate of drug-likeness (QED) is 0.756. The Balaban J connectivity index is 1.43. The smallest absolute Gasteiger partial charge is 0.271 e. The van der Waals surface area contributed by atoms with E-state index in [1.807, 2.05) is 37.3 Å². The number of nitrogens with zero attached hydrogens (tertiary/aromatic N) is 1. The fourth-order valence-corrected chi connectivity index (χ4v) is 2.99. The highest BCUT2D eigenvalue weighted by Gasteiger charge is 2.44. The number of carbonyl (C=O) groups is 1. The lowest BCUT2D eigenvalue weighted by molar-refractivity contribution is 0.0944. The molecule has 0 spiro atoms. The molecule has 122 valence electrons. The highest BCUT2D eigenvalue weighted by atomic mass is 16.3. The second-order valence-corrected chi connectivity index (χ2v) is 6.41. The molecule has 1 amide bonds. The van der Waals surface area contributed by atoms with Crippen molar-refractivity contribution in [3.63, 3.8) is 0 Å². The topological polar surface area (TPSA) is 70.9 Å². The van der Waals surface area contributed by atoms with Gasteiger partial charge in [-0.3, -0.25) is 9.89 Å². The van der Waals surface area contributed by atoms with E-state index in [0.29, 0.717) is 23.7 Å². The number of amides is 1. The zero-order valence-corrected chi connectivity index (χ0v) is 13.5. The number of aromatic nitrogens is 2. The lowest BCUT2D eigenvalue weighted by Gasteiger charge is -2.16. The molecule has 0 radical (unpaired) electrons. The summed E-state index contributed by atoms with van der Waals surface area (Å²) in [6, 6.07) is 15.8. The van der Waals surface area contributed by atoms with Crippen LogP contribution in [0.3, 0.4) is 0 Å². The van der Waals surface area contributed by atoms with Crippen molar-refractivity contribution in [2.75, 3.05) is 6.54 Å². The molecule has 0 aliphatic heterocycles. The van der Waals surface area contributed by atoms with Gasteiger partial charge in [-0.2, -0.15) is 5.10 Å². The molecule has 1 fully saturated rings. The van der Waals surface area contributed by atoms with Crippen molar-refractivity contribution >= 4 is 5.91 Å². The van der Waals surface area contributed by atoms with Gasteiger partial charge in [0.15, 0.2) is 11.5 Å². The number of hydrogen-bond acceptors (Lipinski definition) is 3. The standard InChI is InChI=1S/C19H19N3O2/c1-13-7-8-17(24-13)15-11-16(22-21-15)18(23)20-12-19(9-10-19)14-5-3-2-4-6-14/h2-8,11H,9-10,12H2,1H3,(H,20,23)(H,21,22). The number of H-pyrrole nitrogens is 1. The van der Waals surface area contributed by atoms with Gasteiger partial charge in [0.25, 0.3) is 5.91 Å². The van der Waals surface area contributed by atoms with E-state index in [1.165, 1.54) is 5.56 Å². The number of furan rings is 1. The molecule has 0 atom stereocenters. The van der Waals surface area contributed by atoms with E-state index in [4.69, 9.17) is 4.42 Å². The molecule has 24 heavy (non-hydrogen) atoms. The molecule has 1 aromatic carbocycles. The summed E-state index contributed by atoms with van der Waals surface area (Å²) in [5.74, 6) is 1.34. The molecule has 0 saturated heterocycles. The van der Waals surface area contributed by atoms with E-state index in [-0.39, 0.29) is 11.3 Å². The zero-order valence-electron chi connectivity index (χ0n) is 13.5. The molecule has 0 unspecified atom stereocenters. The van der Waals surface area contributed by atoms with Gasteiger partial charge in [0.05, 0.1) is 0 Å². The van der Waals surface area contributed by atoms with Crippen molar-refractivity contribution in [3.8, 4) is 11.5 Å². The summed E-state index contributed by atoms with van der Waals surface area (Å²) < 4.78 is 5.54. The van der Waals surface area contributed by atoms with Crippen LogP contribution in [0.4, 0.5) is 0 Å². The first kappa shape index (κ1) is 14.8. The van der Waals surface area contributed by atoms with Crippen LogP contribution >= 0.6 is 0 Å². The van der Waals surface area contributed by atoms with Crippen molar-refractivity contribution in [2.24, 2.45) is 0 Å². The predicted molar refractivity (Wildman–Crippen MR) is 90.7 cm³/mol. The molecule has 1 saturated carbocycles. The predicted octanol–water partition coefficient (Wildman–Crippen LogP) is 3.44. The van der Waals surface area contributed by atoms with Crippen LogP contribution in [0.25, 0.3) is 11.5 Å². The Labute approximate surface area is 140 Å². The number of nitrogens with one attached hydrogen (secondary N) is 2. The summed E-state index contributed by atoms with van der Waals surface area (Å²) >= 11 is 0. The maximum Gasteiger partial charge on any atom is 0.271 e. The third-order valence-corrected chi connectivity index (χ3v) is 4.64. The lowest BCUT2D eigenvalue weighted by Crippen LogP contribution is -2.32. The average molecular weight is 321 g/mol. The molecule has 4 rings (SSSR count). The van der Waals surface area contributed by atoms with Gasteiger partial charge in [-0.15, -0.1) is 0 Å². The Bertz CT molecular complexity index is 860. The van der Waals surface area contributed by atoms with Gasteiger partial charge in [-0.05, 0) is 37.5 Å². The lowest BCUT2D eigenvalue weighted by atomic mass is 9.96. The molecule has 2 N–H and O–H groups in total. The van der Waals surface area contributed by atoms with Gasteiger partial charge in [-0.1, -0.05) is 30.3 Å². The highest BCUT2D eigenvalue weighted by molar-refractivity contribution is 5.93. The monoisotopic (exact) mass is 321 g/mol. The fraction of sp³-hybridized carbons (Fsp3) is 0.263. The maximum absolute atomic E-state index is 12.4. The van der Waals surface area contributed by atoms with Gasteiger partial charge in [-0.25, -0.2) is 0 Å². The number of benzene rings is 1. The highest BCUT2D eigenvalue weighted by Crippen LogP contribution is 2.47. The maximum atomic E-state index is 12.4. The SMILES string of the molecule is Cc1ccc(-c2cc(C(=O)NCC3(c4ccccc4)CC3)n[nH]2)o1. The normalized spacial score (nSPS) is 15.2. The summed E-state index contributed by atoms with van der Waals surface area (Å²) in [7, 11) is 0. The van der Waals surface area contributed by atoms with Gasteiger partial charge in [0.1, 0.15) is 11.5 Å². The van der Waals surface area contributed by atoms with E-state index in [2.05, 4.69) is 27.6 Å². The number of hydrogen-bond donors (Lipinski definition) is 2. The minimum Gasteiger partial charge on any atom is -0.460 e. The molecule has 1 aliphatic carbocycles. The molecule has 5 heteroatoms. The summed E-state index contributed by atoms with van der Waals surface area (Å²) in [4.78, 5) is 12.4. The largest absolute Gasteiger partial charge is 0.460 e. The minimum absolute atomic E-state index is 0.0914. The first-order valence-corrected chi connectivity index (χ1v) is 8.12. The average Bonchev–Trinajstić information content (AvgIpc) is 3.02. The molecule has 0 bridgehead atoms. The molecule has 1 aliphatic rings. The first-order valence-electron chi connectivity index (χ1n) is 8.12. The van der Waals surface area contributed by atoms with Crippen LogP contribution in [0.5, 0.6) is 0 Å². The number of aromatic amines is 1. The molecule has 5 nitrogen and oxygen atoms in total. The van der Waals surface area contributed by atoms with Crippen LogP contribution in [-0.4, -0.2) is 22.6 Å². The summed E-state index contributed by atoms with van der Waals surface area (Å²) in [5.41, 5.74) is 2.47. The van der Waals surface area contributed by atoms with Gasteiger partial charge >= 0.3 is 0 Å². The Hall–Kier alpha value is -2.82. The Kier molecular flexibility index (Phi) is 3.49. The minimum atomic E-state index is -0.164. The first-order chi connectivity index (χ1) is 11.7. The molecule has 2 heterocycles. The van der Waals surface area contributed by atoms with Crippen LogP contribution in [0.1, 0.15) is 34.7 Å². The third-order valence-electron chi connectivity index (χ3n) is 4.64. The number of carbonyl (C=O) groups excluding carboxylic acids is 1. The van der Waals surface area contributed by atoms with Crippen LogP contribution in [0.15, 0.2) is 52.9 Å². The number of aryl methyl sites for hydroxylation is 1. The Morgan fingerprint density at radius 3 is 2.71 bits per heavy atom. The fourth-order valence-electron chi connectivity index (χ4n) is 2.99. The van der Waals surface area contributed by atoms with Crippen molar-refractivity contribution in [1.82, 2.24) is 15.5 Å². The van der Waals surface area contributed by atoms with Gasteiger partial charge < -0.3 is 9.73 Å².